The zero-order valence-electron chi connectivity index (χ0n) is 8.30. The van der Waals surface area contributed by atoms with Crippen molar-refractivity contribution in [2.45, 2.75) is 39.2 Å². The highest BCUT2D eigenvalue weighted by molar-refractivity contribution is 4.83. The summed E-state index contributed by atoms with van der Waals surface area (Å²) in [7, 11) is 4.31. The topological polar surface area (TPSA) is 3.24 Å². The van der Waals surface area contributed by atoms with Crippen molar-refractivity contribution in [3.63, 3.8) is 0 Å². The maximum Gasteiger partial charge on any atom is 0.0124 e. The number of hydrogen-bond donors (Lipinski definition) is 0. The number of allylic oxidation sites excluding steroid dienone is 1. The first-order chi connectivity index (χ1) is 5.22. The maximum atomic E-state index is 2.31. The van der Waals surface area contributed by atoms with Gasteiger partial charge in [-0.1, -0.05) is 25.5 Å². The summed E-state index contributed by atoms with van der Waals surface area (Å²) in [5.41, 5.74) is 0. The van der Waals surface area contributed by atoms with Crippen LogP contribution in [0.1, 0.15) is 33.1 Å². The maximum absolute atomic E-state index is 2.31. The van der Waals surface area contributed by atoms with Crippen LogP contribution in [-0.4, -0.2) is 25.0 Å². The van der Waals surface area contributed by atoms with Gasteiger partial charge in [-0.3, -0.25) is 0 Å². The van der Waals surface area contributed by atoms with Crippen molar-refractivity contribution in [2.75, 3.05) is 14.1 Å². The monoisotopic (exact) mass is 155 g/mol. The number of hydrogen-bond acceptors (Lipinski definition) is 1. The number of nitrogens with zero attached hydrogens (tertiary/aromatic N) is 1. The molecule has 0 unspecified atom stereocenters. The zero-order valence-corrected chi connectivity index (χ0v) is 8.30. The van der Waals surface area contributed by atoms with E-state index >= 15 is 0 Å². The fourth-order valence-corrected chi connectivity index (χ4v) is 1.21. The Kier molecular flexibility index (Phi) is 6.24. The molecule has 1 heteroatoms. The van der Waals surface area contributed by atoms with Crippen LogP contribution in [-0.2, 0) is 0 Å². The number of rotatable bonds is 5. The summed E-state index contributed by atoms with van der Waals surface area (Å²) in [6, 6.07) is 0.733. The second-order valence-corrected chi connectivity index (χ2v) is 3.21. The van der Waals surface area contributed by atoms with Gasteiger partial charge in [-0.15, -0.1) is 0 Å². The summed E-state index contributed by atoms with van der Waals surface area (Å²) in [6.07, 6.45) is 8.15. The van der Waals surface area contributed by atoms with Gasteiger partial charge in [-0.25, -0.2) is 0 Å². The molecule has 0 N–H and O–H groups in total. The highest BCUT2D eigenvalue weighted by atomic mass is 15.1. The smallest absolute Gasteiger partial charge is 0.0124 e. The van der Waals surface area contributed by atoms with Gasteiger partial charge in [-0.05, 0) is 33.9 Å². The molecule has 0 aromatic carbocycles. The molecule has 1 nitrogen and oxygen atoms in total. The lowest BCUT2D eigenvalue weighted by Crippen LogP contribution is -2.26. The van der Waals surface area contributed by atoms with Crippen LogP contribution in [0.4, 0.5) is 0 Å². The van der Waals surface area contributed by atoms with Crippen molar-refractivity contribution in [3.8, 4) is 0 Å². The minimum atomic E-state index is 0.733. The summed E-state index contributed by atoms with van der Waals surface area (Å²) in [6.45, 7) is 4.32. The van der Waals surface area contributed by atoms with Crippen molar-refractivity contribution in [3.05, 3.63) is 12.2 Å². The Labute approximate surface area is 71.1 Å². The Morgan fingerprint density at radius 1 is 1.36 bits per heavy atom. The van der Waals surface area contributed by atoms with Crippen LogP contribution in [0.25, 0.3) is 0 Å². The third-order valence-corrected chi connectivity index (χ3v) is 2.00. The fourth-order valence-electron chi connectivity index (χ4n) is 1.21. The molecule has 0 radical (unpaired) electrons. The normalized spacial score (nSPS) is 14.6. The van der Waals surface area contributed by atoms with E-state index in [1.165, 1.54) is 19.3 Å². The molecule has 0 aromatic rings. The first-order valence-electron chi connectivity index (χ1n) is 4.50. The zero-order chi connectivity index (χ0) is 8.69. The third-order valence-electron chi connectivity index (χ3n) is 2.00. The van der Waals surface area contributed by atoms with Crippen molar-refractivity contribution < 1.29 is 0 Å². The summed E-state index contributed by atoms with van der Waals surface area (Å²) >= 11 is 0. The van der Waals surface area contributed by atoms with Crippen LogP contribution in [0.15, 0.2) is 12.2 Å². The Morgan fingerprint density at radius 2 is 2.00 bits per heavy atom. The van der Waals surface area contributed by atoms with Crippen LogP contribution in [0, 0.1) is 0 Å². The molecule has 0 rings (SSSR count). The lowest BCUT2D eigenvalue weighted by molar-refractivity contribution is 0.278. The van der Waals surface area contributed by atoms with Crippen LogP contribution >= 0.6 is 0 Å². The predicted octanol–water partition coefficient (Wildman–Crippen LogP) is 2.68. The largest absolute Gasteiger partial charge is 0.306 e. The average Bonchev–Trinajstić information content (AvgIpc) is 1.97. The van der Waals surface area contributed by atoms with Gasteiger partial charge in [0.15, 0.2) is 0 Å². The standard InChI is InChI=1S/C10H21N/c1-5-7-9-10(8-6-2)11(3)4/h5,7,10H,6,8-9H2,1-4H3/b7-5+/t10-/m0/s1. The first kappa shape index (κ1) is 10.7. The summed E-state index contributed by atoms with van der Waals surface area (Å²) < 4.78 is 0. The Hall–Kier alpha value is -0.300. The van der Waals surface area contributed by atoms with Gasteiger partial charge in [0.2, 0.25) is 0 Å². The van der Waals surface area contributed by atoms with E-state index in [0.717, 1.165) is 6.04 Å². The minimum absolute atomic E-state index is 0.733. The van der Waals surface area contributed by atoms with Crippen LogP contribution in [0.3, 0.4) is 0 Å². The second kappa shape index (κ2) is 6.41. The molecule has 0 aliphatic heterocycles. The Balaban J connectivity index is 3.69. The lowest BCUT2D eigenvalue weighted by atomic mass is 10.1. The van der Waals surface area contributed by atoms with Gasteiger partial charge < -0.3 is 4.90 Å². The quantitative estimate of drug-likeness (QED) is 0.552. The first-order valence-corrected chi connectivity index (χ1v) is 4.50. The highest BCUT2D eigenvalue weighted by Crippen LogP contribution is 2.07. The summed E-state index contributed by atoms with van der Waals surface area (Å²) in [5, 5.41) is 0. The molecule has 66 valence electrons. The second-order valence-electron chi connectivity index (χ2n) is 3.21. The SMILES string of the molecule is C/C=C/C[C@H](CCC)N(C)C. The van der Waals surface area contributed by atoms with Crippen LogP contribution < -0.4 is 0 Å². The Bertz CT molecular complexity index is 105. The lowest BCUT2D eigenvalue weighted by Gasteiger charge is -2.22. The van der Waals surface area contributed by atoms with Gasteiger partial charge >= 0.3 is 0 Å². The van der Waals surface area contributed by atoms with Crippen LogP contribution in [0.5, 0.6) is 0 Å². The van der Waals surface area contributed by atoms with Gasteiger partial charge in [0.05, 0.1) is 0 Å². The molecule has 0 aliphatic rings. The summed E-state index contributed by atoms with van der Waals surface area (Å²) in [4.78, 5) is 2.31. The van der Waals surface area contributed by atoms with E-state index in [0.29, 0.717) is 0 Å². The molecular weight excluding hydrogens is 134 g/mol. The van der Waals surface area contributed by atoms with E-state index in [1.54, 1.807) is 0 Å². The minimum Gasteiger partial charge on any atom is -0.306 e. The fraction of sp³-hybridized carbons (Fsp3) is 0.800. The van der Waals surface area contributed by atoms with E-state index < -0.39 is 0 Å². The van der Waals surface area contributed by atoms with E-state index in [2.05, 4.69) is 45.0 Å². The molecule has 0 saturated heterocycles. The molecule has 0 saturated carbocycles. The van der Waals surface area contributed by atoms with Crippen molar-refractivity contribution >= 4 is 0 Å². The molecule has 0 heterocycles. The third kappa shape index (κ3) is 5.02. The van der Waals surface area contributed by atoms with Gasteiger partial charge in [-0.2, -0.15) is 0 Å². The molecule has 0 fully saturated rings. The molecular formula is C10H21N. The Morgan fingerprint density at radius 3 is 2.36 bits per heavy atom. The molecule has 0 amide bonds. The summed E-state index contributed by atoms with van der Waals surface area (Å²) in [5.74, 6) is 0. The molecule has 0 aliphatic carbocycles. The van der Waals surface area contributed by atoms with Crippen LogP contribution in [0.2, 0.25) is 0 Å². The van der Waals surface area contributed by atoms with Crippen molar-refractivity contribution in [2.24, 2.45) is 0 Å². The van der Waals surface area contributed by atoms with Crippen molar-refractivity contribution in [1.29, 1.82) is 0 Å². The average molecular weight is 155 g/mol. The van der Waals surface area contributed by atoms with E-state index in [9.17, 15) is 0 Å². The highest BCUT2D eigenvalue weighted by Gasteiger charge is 2.06. The predicted molar refractivity (Wildman–Crippen MR) is 51.8 cm³/mol. The molecule has 0 bridgehead atoms. The van der Waals surface area contributed by atoms with Gasteiger partial charge in [0.25, 0.3) is 0 Å². The van der Waals surface area contributed by atoms with E-state index in [4.69, 9.17) is 0 Å². The van der Waals surface area contributed by atoms with Gasteiger partial charge in [0, 0.05) is 6.04 Å². The van der Waals surface area contributed by atoms with Gasteiger partial charge in [0.1, 0.15) is 0 Å². The molecule has 11 heavy (non-hydrogen) atoms. The van der Waals surface area contributed by atoms with Crippen molar-refractivity contribution in [1.82, 2.24) is 4.90 Å². The van der Waals surface area contributed by atoms with E-state index in [1.807, 2.05) is 0 Å². The molecule has 0 aromatic heterocycles. The van der Waals surface area contributed by atoms with E-state index in [-0.39, 0.29) is 0 Å². The molecule has 1 atom stereocenters. The molecule has 0 spiro atoms.